The summed E-state index contributed by atoms with van der Waals surface area (Å²) in [5.41, 5.74) is 2.13. The monoisotopic (exact) mass is 400 g/mol. The van der Waals surface area contributed by atoms with E-state index in [9.17, 15) is 9.90 Å². The Kier molecular flexibility index (Phi) is 5.06. The van der Waals surface area contributed by atoms with Crippen molar-refractivity contribution < 1.29 is 9.90 Å². The topological polar surface area (TPSA) is 52.9 Å². The second-order valence-electron chi connectivity index (χ2n) is 6.39. The van der Waals surface area contributed by atoms with Crippen LogP contribution in [0.1, 0.15) is 36.5 Å². The summed E-state index contributed by atoms with van der Waals surface area (Å²) in [5.74, 6) is -0.210. The summed E-state index contributed by atoms with van der Waals surface area (Å²) in [6.07, 6.45) is 1.25. The molecule has 3 rings (SSSR count). The van der Waals surface area contributed by atoms with Gasteiger partial charge in [0.1, 0.15) is 0 Å². The lowest BCUT2D eigenvalue weighted by Gasteiger charge is -2.31. The van der Waals surface area contributed by atoms with Gasteiger partial charge >= 0.3 is 0 Å². The molecule has 25 heavy (non-hydrogen) atoms. The predicted octanol–water partition coefficient (Wildman–Crippen LogP) is 4.14. The number of benzene rings is 2. The molecule has 1 atom stereocenters. The Morgan fingerprint density at radius 1 is 1.20 bits per heavy atom. The molecule has 5 heteroatoms. The molecule has 4 nitrogen and oxygen atoms in total. The van der Waals surface area contributed by atoms with Crippen LogP contribution in [0.2, 0.25) is 0 Å². The van der Waals surface area contributed by atoms with Gasteiger partial charge < -0.3 is 5.11 Å². The number of aliphatic hydroxyl groups is 1. The second kappa shape index (κ2) is 7.10. The van der Waals surface area contributed by atoms with E-state index in [4.69, 9.17) is 0 Å². The van der Waals surface area contributed by atoms with Crippen molar-refractivity contribution in [1.82, 2.24) is 5.01 Å². The van der Waals surface area contributed by atoms with Gasteiger partial charge in [-0.25, -0.2) is 0 Å². The van der Waals surface area contributed by atoms with E-state index in [-0.39, 0.29) is 12.3 Å². The summed E-state index contributed by atoms with van der Waals surface area (Å²) in [6.45, 7) is 3.99. The van der Waals surface area contributed by atoms with Crippen molar-refractivity contribution in [3.05, 3.63) is 69.7 Å². The van der Waals surface area contributed by atoms with Crippen LogP contribution in [0.25, 0.3) is 0 Å². The lowest BCUT2D eigenvalue weighted by molar-refractivity contribution is -0.157. The van der Waals surface area contributed by atoms with Gasteiger partial charge in [0.05, 0.1) is 6.42 Å². The van der Waals surface area contributed by atoms with Crippen molar-refractivity contribution in [3.8, 4) is 0 Å². The van der Waals surface area contributed by atoms with Crippen LogP contribution in [0.15, 0.2) is 58.1 Å². The Labute approximate surface area is 156 Å². The highest BCUT2D eigenvalue weighted by Gasteiger charge is 2.45. The summed E-state index contributed by atoms with van der Waals surface area (Å²) in [4.78, 5) is 12.9. The molecule has 130 valence electrons. The van der Waals surface area contributed by atoms with E-state index in [0.717, 1.165) is 21.3 Å². The standard InChI is InChI=1S/C20H21BrN2O2/c1-3-18-13-20(25,16-8-10-17(21)11-9-16)23(22-18)19(24)12-15-6-4-14(2)5-7-15/h4-11,25H,3,12-13H2,1-2H3/t20-/m1/s1. The first-order chi connectivity index (χ1) is 11.9. The fraction of sp³-hybridized carbons (Fsp3) is 0.300. The molecule has 0 saturated carbocycles. The van der Waals surface area contributed by atoms with Crippen LogP contribution in [0, 0.1) is 6.92 Å². The van der Waals surface area contributed by atoms with Gasteiger partial charge in [0.15, 0.2) is 5.72 Å². The lowest BCUT2D eigenvalue weighted by Crippen LogP contribution is -2.44. The molecule has 0 aliphatic carbocycles. The van der Waals surface area contributed by atoms with Crippen LogP contribution >= 0.6 is 15.9 Å². The first kappa shape index (κ1) is 17.8. The van der Waals surface area contributed by atoms with E-state index in [2.05, 4.69) is 21.0 Å². The molecule has 0 aromatic heterocycles. The Bertz CT molecular complexity index is 799. The van der Waals surface area contributed by atoms with Gasteiger partial charge in [-0.2, -0.15) is 10.1 Å². The minimum atomic E-state index is -1.42. The molecule has 1 N–H and O–H groups in total. The van der Waals surface area contributed by atoms with E-state index in [1.54, 1.807) is 0 Å². The van der Waals surface area contributed by atoms with Gasteiger partial charge in [-0.05, 0) is 31.0 Å². The molecule has 1 aliphatic heterocycles. The van der Waals surface area contributed by atoms with E-state index in [1.165, 1.54) is 5.01 Å². The largest absolute Gasteiger partial charge is 0.365 e. The Morgan fingerprint density at radius 3 is 2.44 bits per heavy atom. The summed E-state index contributed by atoms with van der Waals surface area (Å²) in [6, 6.07) is 15.2. The van der Waals surface area contributed by atoms with E-state index < -0.39 is 5.72 Å². The molecule has 0 radical (unpaired) electrons. The van der Waals surface area contributed by atoms with Gasteiger partial charge in [-0.3, -0.25) is 4.79 Å². The van der Waals surface area contributed by atoms with E-state index >= 15 is 0 Å². The zero-order chi connectivity index (χ0) is 18.0. The average molecular weight is 401 g/mol. The first-order valence-corrected chi connectivity index (χ1v) is 9.15. The molecule has 2 aromatic carbocycles. The fourth-order valence-electron chi connectivity index (χ4n) is 2.97. The predicted molar refractivity (Wildman–Crippen MR) is 102 cm³/mol. The molecule has 0 unspecified atom stereocenters. The molecule has 1 amide bonds. The molecule has 0 saturated heterocycles. The Hall–Kier alpha value is -1.98. The van der Waals surface area contributed by atoms with Crippen molar-refractivity contribution in [1.29, 1.82) is 0 Å². The third-order valence-corrected chi connectivity index (χ3v) is 5.00. The molecular formula is C20H21BrN2O2. The maximum Gasteiger partial charge on any atom is 0.250 e. The number of rotatable bonds is 4. The third-order valence-electron chi connectivity index (χ3n) is 4.47. The van der Waals surface area contributed by atoms with E-state index in [0.29, 0.717) is 18.4 Å². The van der Waals surface area contributed by atoms with Crippen molar-refractivity contribution in [3.63, 3.8) is 0 Å². The zero-order valence-corrected chi connectivity index (χ0v) is 16.0. The number of hydrogen-bond donors (Lipinski definition) is 1. The van der Waals surface area contributed by atoms with Crippen LogP contribution in [0.5, 0.6) is 0 Å². The molecular weight excluding hydrogens is 380 g/mol. The van der Waals surface area contributed by atoms with Crippen LogP contribution in [0.3, 0.4) is 0 Å². The quantitative estimate of drug-likeness (QED) is 0.837. The molecule has 0 fully saturated rings. The average Bonchev–Trinajstić information content (AvgIpc) is 2.96. The summed E-state index contributed by atoms with van der Waals surface area (Å²) < 4.78 is 0.923. The fourth-order valence-corrected chi connectivity index (χ4v) is 3.24. The number of aryl methyl sites for hydroxylation is 1. The van der Waals surface area contributed by atoms with Crippen LogP contribution in [0.4, 0.5) is 0 Å². The first-order valence-electron chi connectivity index (χ1n) is 8.36. The maximum atomic E-state index is 12.9. The van der Waals surface area contributed by atoms with Gasteiger partial charge in [-0.15, -0.1) is 0 Å². The zero-order valence-electron chi connectivity index (χ0n) is 14.4. The highest BCUT2D eigenvalue weighted by Crippen LogP contribution is 2.36. The van der Waals surface area contributed by atoms with Crippen LogP contribution in [-0.2, 0) is 16.9 Å². The number of halogens is 1. The van der Waals surface area contributed by atoms with E-state index in [1.807, 2.05) is 62.4 Å². The number of hydrazone groups is 1. The smallest absolute Gasteiger partial charge is 0.250 e. The molecule has 1 aliphatic rings. The normalized spacial score (nSPS) is 19.8. The highest BCUT2D eigenvalue weighted by atomic mass is 79.9. The van der Waals surface area contributed by atoms with Crippen LogP contribution < -0.4 is 0 Å². The number of amides is 1. The van der Waals surface area contributed by atoms with Crippen molar-refractivity contribution in [2.75, 3.05) is 0 Å². The third kappa shape index (κ3) is 3.67. The van der Waals surface area contributed by atoms with Crippen molar-refractivity contribution in [2.24, 2.45) is 5.10 Å². The summed E-state index contributed by atoms with van der Waals surface area (Å²) in [7, 11) is 0. The van der Waals surface area contributed by atoms with Gasteiger partial charge in [0.25, 0.3) is 0 Å². The lowest BCUT2D eigenvalue weighted by atomic mass is 9.96. The SMILES string of the molecule is CCC1=NN(C(=O)Cc2ccc(C)cc2)[C@](O)(c2ccc(Br)cc2)C1. The maximum absolute atomic E-state index is 12.9. The molecule has 0 bridgehead atoms. The number of carbonyl (C=O) groups excluding carboxylic acids is 1. The van der Waals surface area contributed by atoms with Crippen molar-refractivity contribution >= 4 is 27.5 Å². The van der Waals surface area contributed by atoms with Gasteiger partial charge in [0, 0.05) is 22.2 Å². The summed E-state index contributed by atoms with van der Waals surface area (Å²) in [5, 5.41) is 17.0. The highest BCUT2D eigenvalue weighted by molar-refractivity contribution is 9.10. The van der Waals surface area contributed by atoms with Crippen molar-refractivity contribution in [2.45, 2.75) is 38.8 Å². The number of hydrogen-bond acceptors (Lipinski definition) is 3. The molecule has 2 aromatic rings. The van der Waals surface area contributed by atoms with Crippen LogP contribution in [-0.4, -0.2) is 21.7 Å². The Balaban J connectivity index is 1.89. The Morgan fingerprint density at radius 2 is 1.84 bits per heavy atom. The number of carbonyl (C=O) groups is 1. The molecule has 1 heterocycles. The second-order valence-corrected chi connectivity index (χ2v) is 7.30. The minimum Gasteiger partial charge on any atom is -0.365 e. The number of nitrogens with zero attached hydrogens (tertiary/aromatic N) is 2. The minimum absolute atomic E-state index is 0.208. The summed E-state index contributed by atoms with van der Waals surface area (Å²) >= 11 is 3.40. The van der Waals surface area contributed by atoms with Gasteiger partial charge in [0.2, 0.25) is 5.91 Å². The van der Waals surface area contributed by atoms with Gasteiger partial charge in [-0.1, -0.05) is 64.8 Å². The molecule has 0 spiro atoms.